The predicted octanol–water partition coefficient (Wildman–Crippen LogP) is 4.03. The van der Waals surface area contributed by atoms with Crippen molar-refractivity contribution in [2.24, 2.45) is 5.73 Å². The van der Waals surface area contributed by atoms with Crippen LogP contribution in [0.2, 0.25) is 5.02 Å². The lowest BCUT2D eigenvalue weighted by Gasteiger charge is -2.17. The first kappa shape index (κ1) is 15.2. The van der Waals surface area contributed by atoms with Gasteiger partial charge in [-0.3, -0.25) is 0 Å². The number of benzene rings is 1. The number of nitrogens with two attached hydrogens (primary N) is 1. The average molecular weight is 312 g/mol. The lowest BCUT2D eigenvalue weighted by atomic mass is 10.0. The third kappa shape index (κ3) is 2.77. The summed E-state index contributed by atoms with van der Waals surface area (Å²) in [5.74, 6) is 1.24. The second-order valence-electron chi connectivity index (χ2n) is 4.37. The van der Waals surface area contributed by atoms with Crippen LogP contribution in [0, 0.1) is 0 Å². The quantitative estimate of drug-likeness (QED) is 0.906. The van der Waals surface area contributed by atoms with Gasteiger partial charge in [0.25, 0.3) is 0 Å². The van der Waals surface area contributed by atoms with E-state index in [1.807, 2.05) is 6.07 Å². The molecule has 1 aromatic heterocycles. The van der Waals surface area contributed by atoms with Gasteiger partial charge in [0.15, 0.2) is 11.5 Å². The molecule has 1 aromatic carbocycles. The Morgan fingerprint density at radius 3 is 2.50 bits per heavy atom. The number of methoxy groups -OCH3 is 2. The van der Waals surface area contributed by atoms with Gasteiger partial charge in [-0.05, 0) is 35.1 Å². The maximum atomic E-state index is 6.38. The largest absolute Gasteiger partial charge is 0.493 e. The maximum Gasteiger partial charge on any atom is 0.162 e. The van der Waals surface area contributed by atoms with Crippen LogP contribution in [0.3, 0.4) is 0 Å². The van der Waals surface area contributed by atoms with Gasteiger partial charge in [-0.25, -0.2) is 0 Å². The number of halogens is 1. The average Bonchev–Trinajstić information content (AvgIpc) is 2.94. The monoisotopic (exact) mass is 311 g/mol. The Morgan fingerprint density at radius 2 is 1.90 bits per heavy atom. The molecule has 2 N–H and O–H groups in total. The zero-order valence-electron chi connectivity index (χ0n) is 11.8. The normalized spacial score (nSPS) is 12.2. The Kier molecular flexibility index (Phi) is 4.91. The molecule has 1 atom stereocenters. The Bertz CT molecular complexity index is 598. The fourth-order valence-corrected chi connectivity index (χ4v) is 3.45. The summed E-state index contributed by atoms with van der Waals surface area (Å²) in [6.45, 7) is 2.12. The van der Waals surface area contributed by atoms with E-state index in [4.69, 9.17) is 26.8 Å². The zero-order valence-corrected chi connectivity index (χ0v) is 13.3. The molecular formula is C15H18ClNO2S. The summed E-state index contributed by atoms with van der Waals surface area (Å²) < 4.78 is 10.6. The van der Waals surface area contributed by atoms with Gasteiger partial charge in [0.2, 0.25) is 0 Å². The number of rotatable bonds is 5. The van der Waals surface area contributed by atoms with Crippen molar-refractivity contribution in [1.29, 1.82) is 0 Å². The van der Waals surface area contributed by atoms with Gasteiger partial charge in [0, 0.05) is 16.0 Å². The fourth-order valence-electron chi connectivity index (χ4n) is 2.16. The predicted molar refractivity (Wildman–Crippen MR) is 84.3 cm³/mol. The van der Waals surface area contributed by atoms with E-state index in [9.17, 15) is 0 Å². The van der Waals surface area contributed by atoms with Crippen LogP contribution in [0.5, 0.6) is 11.5 Å². The van der Waals surface area contributed by atoms with Crippen molar-refractivity contribution in [2.45, 2.75) is 19.4 Å². The van der Waals surface area contributed by atoms with Crippen molar-refractivity contribution >= 4 is 22.9 Å². The highest BCUT2D eigenvalue weighted by atomic mass is 35.5. The Balaban J connectivity index is 2.46. The molecule has 20 heavy (non-hydrogen) atoms. The van der Waals surface area contributed by atoms with Crippen molar-refractivity contribution in [1.82, 2.24) is 0 Å². The molecule has 0 bridgehead atoms. The highest BCUT2D eigenvalue weighted by molar-refractivity contribution is 7.10. The maximum absolute atomic E-state index is 6.38. The van der Waals surface area contributed by atoms with Crippen LogP contribution in [-0.4, -0.2) is 14.2 Å². The second kappa shape index (κ2) is 6.48. The molecule has 0 saturated carbocycles. The molecule has 2 rings (SSSR count). The fraction of sp³-hybridized carbons (Fsp3) is 0.333. The Hall–Kier alpha value is -1.23. The van der Waals surface area contributed by atoms with Crippen LogP contribution in [0.4, 0.5) is 0 Å². The van der Waals surface area contributed by atoms with Gasteiger partial charge in [-0.15, -0.1) is 11.3 Å². The second-order valence-corrected chi connectivity index (χ2v) is 5.72. The molecule has 108 valence electrons. The molecule has 3 nitrogen and oxygen atoms in total. The number of hydrogen-bond acceptors (Lipinski definition) is 4. The molecule has 1 unspecified atom stereocenters. The molecule has 0 aliphatic heterocycles. The van der Waals surface area contributed by atoms with Crippen molar-refractivity contribution in [2.75, 3.05) is 14.2 Å². The van der Waals surface area contributed by atoms with Crippen LogP contribution in [0.15, 0.2) is 23.6 Å². The SMILES string of the molecule is CCc1ccsc1C(N)c1cc(OC)c(OC)cc1Cl. The topological polar surface area (TPSA) is 44.5 Å². The van der Waals surface area contributed by atoms with E-state index in [2.05, 4.69) is 18.4 Å². The smallest absolute Gasteiger partial charge is 0.162 e. The molecule has 0 fully saturated rings. The third-order valence-electron chi connectivity index (χ3n) is 3.28. The van der Waals surface area contributed by atoms with Gasteiger partial charge < -0.3 is 15.2 Å². The lowest BCUT2D eigenvalue weighted by Crippen LogP contribution is -2.13. The van der Waals surface area contributed by atoms with Gasteiger partial charge in [0.05, 0.1) is 20.3 Å². The summed E-state index contributed by atoms with van der Waals surface area (Å²) in [6.07, 6.45) is 0.956. The minimum Gasteiger partial charge on any atom is -0.493 e. The molecule has 2 aromatic rings. The van der Waals surface area contributed by atoms with Gasteiger partial charge >= 0.3 is 0 Å². The highest BCUT2D eigenvalue weighted by Crippen LogP contribution is 2.38. The number of aryl methyl sites for hydroxylation is 1. The van der Waals surface area contributed by atoms with Gasteiger partial charge in [-0.1, -0.05) is 18.5 Å². The molecule has 0 spiro atoms. The molecule has 0 amide bonds. The van der Waals surface area contributed by atoms with E-state index in [0.29, 0.717) is 16.5 Å². The van der Waals surface area contributed by atoms with Crippen LogP contribution >= 0.6 is 22.9 Å². The summed E-state index contributed by atoms with van der Waals surface area (Å²) in [4.78, 5) is 1.14. The first-order chi connectivity index (χ1) is 9.62. The number of hydrogen-bond donors (Lipinski definition) is 1. The third-order valence-corrected chi connectivity index (χ3v) is 4.65. The van der Waals surface area contributed by atoms with E-state index in [0.717, 1.165) is 16.9 Å². The minimum atomic E-state index is -0.253. The van der Waals surface area contributed by atoms with Crippen LogP contribution in [-0.2, 0) is 6.42 Å². The summed E-state index contributed by atoms with van der Waals surface area (Å²) >= 11 is 7.99. The number of thiophene rings is 1. The van der Waals surface area contributed by atoms with E-state index in [1.54, 1.807) is 31.6 Å². The van der Waals surface area contributed by atoms with Gasteiger partial charge in [0.1, 0.15) is 0 Å². The summed E-state index contributed by atoms with van der Waals surface area (Å²) in [6, 6.07) is 5.45. The standard InChI is InChI=1S/C15H18ClNO2S/c1-4-9-5-6-20-15(9)14(17)10-7-12(18-2)13(19-3)8-11(10)16/h5-8,14H,4,17H2,1-3H3. The highest BCUT2D eigenvalue weighted by Gasteiger charge is 2.19. The van der Waals surface area contributed by atoms with Crippen LogP contribution in [0.25, 0.3) is 0 Å². The summed E-state index contributed by atoms with van der Waals surface area (Å²) in [7, 11) is 3.19. The lowest BCUT2D eigenvalue weighted by molar-refractivity contribution is 0.354. The first-order valence-electron chi connectivity index (χ1n) is 6.35. The Morgan fingerprint density at radius 1 is 1.25 bits per heavy atom. The van der Waals surface area contributed by atoms with Crippen LogP contribution < -0.4 is 15.2 Å². The molecule has 0 aliphatic rings. The Labute approximate surface area is 128 Å². The van der Waals surface area contributed by atoms with E-state index >= 15 is 0 Å². The molecular weight excluding hydrogens is 294 g/mol. The molecule has 5 heteroatoms. The molecule has 0 saturated heterocycles. The molecule has 1 heterocycles. The van der Waals surface area contributed by atoms with Crippen molar-refractivity contribution < 1.29 is 9.47 Å². The van der Waals surface area contributed by atoms with Gasteiger partial charge in [-0.2, -0.15) is 0 Å². The summed E-state index contributed by atoms with van der Waals surface area (Å²) in [5.41, 5.74) is 8.49. The van der Waals surface area contributed by atoms with Crippen molar-refractivity contribution in [3.63, 3.8) is 0 Å². The number of ether oxygens (including phenoxy) is 2. The molecule has 0 radical (unpaired) electrons. The molecule has 0 aliphatic carbocycles. The van der Waals surface area contributed by atoms with Crippen molar-refractivity contribution in [3.8, 4) is 11.5 Å². The van der Waals surface area contributed by atoms with E-state index in [-0.39, 0.29) is 6.04 Å². The first-order valence-corrected chi connectivity index (χ1v) is 7.61. The van der Waals surface area contributed by atoms with Crippen LogP contribution in [0.1, 0.15) is 29.0 Å². The van der Waals surface area contributed by atoms with E-state index < -0.39 is 0 Å². The van der Waals surface area contributed by atoms with E-state index in [1.165, 1.54) is 5.56 Å². The minimum absolute atomic E-state index is 0.253. The van der Waals surface area contributed by atoms with Crippen molar-refractivity contribution in [3.05, 3.63) is 44.6 Å². The zero-order chi connectivity index (χ0) is 14.7. The summed E-state index contributed by atoms with van der Waals surface area (Å²) in [5, 5.41) is 2.65.